The lowest BCUT2D eigenvalue weighted by atomic mass is 10.1. The van der Waals surface area contributed by atoms with E-state index in [0.717, 1.165) is 11.3 Å². The first-order valence-electron chi connectivity index (χ1n) is 7.11. The Morgan fingerprint density at radius 2 is 2.05 bits per heavy atom. The number of benzene rings is 1. The number of anilines is 1. The molecule has 1 aromatic rings. The van der Waals surface area contributed by atoms with Crippen LogP contribution < -0.4 is 10.5 Å². The van der Waals surface area contributed by atoms with Crippen LogP contribution in [0.3, 0.4) is 0 Å². The third-order valence-electron chi connectivity index (χ3n) is 3.06. The molecule has 0 aromatic heterocycles. The van der Waals surface area contributed by atoms with Gasteiger partial charge < -0.3 is 15.2 Å². The summed E-state index contributed by atoms with van der Waals surface area (Å²) in [6.07, 6.45) is -0.330. The SMILES string of the molecule is CC(C)(C)OC(=O)N1Cc2ccc(N)cc2OC(C)(C)C1. The first-order chi connectivity index (χ1) is 9.56. The molecule has 1 amide bonds. The molecule has 0 bridgehead atoms. The Morgan fingerprint density at radius 3 is 2.67 bits per heavy atom. The summed E-state index contributed by atoms with van der Waals surface area (Å²) in [6.45, 7) is 10.4. The first kappa shape index (κ1) is 15.5. The number of fused-ring (bicyclic) bond motifs is 1. The van der Waals surface area contributed by atoms with Gasteiger partial charge in [0.1, 0.15) is 17.0 Å². The summed E-state index contributed by atoms with van der Waals surface area (Å²) in [5, 5.41) is 0. The molecule has 1 heterocycles. The molecule has 1 aliphatic heterocycles. The van der Waals surface area contributed by atoms with Crippen molar-refractivity contribution in [3.63, 3.8) is 0 Å². The van der Waals surface area contributed by atoms with Crippen molar-refractivity contribution in [2.24, 2.45) is 0 Å². The van der Waals surface area contributed by atoms with E-state index in [9.17, 15) is 4.79 Å². The molecule has 0 spiro atoms. The fourth-order valence-corrected chi connectivity index (χ4v) is 2.30. The number of rotatable bonds is 0. The molecule has 1 aromatic carbocycles. The maximum absolute atomic E-state index is 12.4. The molecule has 0 fully saturated rings. The highest BCUT2D eigenvalue weighted by Gasteiger charge is 2.33. The summed E-state index contributed by atoms with van der Waals surface area (Å²) in [4.78, 5) is 14.0. The van der Waals surface area contributed by atoms with Gasteiger partial charge in [-0.05, 0) is 40.7 Å². The number of hydrogen-bond acceptors (Lipinski definition) is 4. The molecule has 5 nitrogen and oxygen atoms in total. The Morgan fingerprint density at radius 1 is 1.38 bits per heavy atom. The van der Waals surface area contributed by atoms with Gasteiger partial charge in [-0.3, -0.25) is 4.90 Å². The number of hydrogen-bond donors (Lipinski definition) is 1. The lowest BCUT2D eigenvalue weighted by Gasteiger charge is -2.31. The molecular formula is C16H24N2O3. The highest BCUT2D eigenvalue weighted by molar-refractivity contribution is 5.69. The maximum atomic E-state index is 12.4. The molecule has 0 aliphatic carbocycles. The third kappa shape index (κ3) is 4.03. The van der Waals surface area contributed by atoms with Crippen molar-refractivity contribution in [1.82, 2.24) is 4.90 Å². The monoisotopic (exact) mass is 292 g/mol. The molecule has 21 heavy (non-hydrogen) atoms. The summed E-state index contributed by atoms with van der Waals surface area (Å²) >= 11 is 0. The normalized spacial score (nSPS) is 17.5. The van der Waals surface area contributed by atoms with E-state index >= 15 is 0 Å². The summed E-state index contributed by atoms with van der Waals surface area (Å²) in [5.41, 5.74) is 6.37. The van der Waals surface area contributed by atoms with Crippen molar-refractivity contribution in [2.45, 2.75) is 52.4 Å². The van der Waals surface area contributed by atoms with Crippen molar-refractivity contribution < 1.29 is 14.3 Å². The Balaban J connectivity index is 2.29. The smallest absolute Gasteiger partial charge is 0.410 e. The minimum atomic E-state index is -0.516. The number of nitrogen functional groups attached to an aromatic ring is 1. The molecule has 2 N–H and O–H groups in total. The van der Waals surface area contributed by atoms with E-state index in [1.165, 1.54) is 0 Å². The van der Waals surface area contributed by atoms with Crippen LogP contribution in [0, 0.1) is 0 Å². The molecule has 116 valence electrons. The number of nitrogens with two attached hydrogens (primary N) is 1. The second-order valence-corrected chi connectivity index (χ2v) is 7.07. The fourth-order valence-electron chi connectivity index (χ4n) is 2.30. The molecule has 2 rings (SSSR count). The predicted octanol–water partition coefficient (Wildman–Crippen LogP) is 3.18. The second kappa shape index (κ2) is 5.13. The van der Waals surface area contributed by atoms with Crippen molar-refractivity contribution in [3.8, 4) is 5.75 Å². The van der Waals surface area contributed by atoms with E-state index in [0.29, 0.717) is 18.8 Å². The van der Waals surface area contributed by atoms with E-state index in [1.807, 2.05) is 46.8 Å². The van der Waals surface area contributed by atoms with E-state index in [4.69, 9.17) is 15.2 Å². The molecule has 5 heteroatoms. The first-order valence-corrected chi connectivity index (χ1v) is 7.11. The minimum absolute atomic E-state index is 0.330. The van der Waals surface area contributed by atoms with Crippen LogP contribution in [0.2, 0.25) is 0 Å². The van der Waals surface area contributed by atoms with Crippen LogP contribution >= 0.6 is 0 Å². The minimum Gasteiger partial charge on any atom is -0.486 e. The number of ether oxygens (including phenoxy) is 2. The molecule has 0 radical (unpaired) electrons. The van der Waals surface area contributed by atoms with Crippen LogP contribution in [0.15, 0.2) is 18.2 Å². The second-order valence-electron chi connectivity index (χ2n) is 7.07. The van der Waals surface area contributed by atoms with Gasteiger partial charge in [0.2, 0.25) is 0 Å². The van der Waals surface area contributed by atoms with Crippen LogP contribution in [0.4, 0.5) is 10.5 Å². The highest BCUT2D eigenvalue weighted by atomic mass is 16.6. The zero-order valence-corrected chi connectivity index (χ0v) is 13.4. The van der Waals surface area contributed by atoms with E-state index in [-0.39, 0.29) is 6.09 Å². The zero-order valence-electron chi connectivity index (χ0n) is 13.4. The Bertz CT molecular complexity index is 547. The third-order valence-corrected chi connectivity index (χ3v) is 3.06. The summed E-state index contributed by atoms with van der Waals surface area (Å²) in [5.74, 6) is 0.728. The highest BCUT2D eigenvalue weighted by Crippen LogP contribution is 2.31. The fraction of sp³-hybridized carbons (Fsp3) is 0.562. The standard InChI is InChI=1S/C16H24N2O3/c1-15(2,3)21-14(19)18-9-11-6-7-12(17)8-13(11)20-16(4,5)10-18/h6-8H,9-10,17H2,1-5H3. The van der Waals surface area contributed by atoms with Crippen LogP contribution in [0.25, 0.3) is 0 Å². The van der Waals surface area contributed by atoms with Crippen LogP contribution in [-0.4, -0.2) is 28.7 Å². The Hall–Kier alpha value is -1.91. The largest absolute Gasteiger partial charge is 0.486 e. The average molecular weight is 292 g/mol. The van der Waals surface area contributed by atoms with Crippen LogP contribution in [-0.2, 0) is 11.3 Å². The maximum Gasteiger partial charge on any atom is 0.410 e. The van der Waals surface area contributed by atoms with Crippen LogP contribution in [0.1, 0.15) is 40.2 Å². The lowest BCUT2D eigenvalue weighted by molar-refractivity contribution is 0.00753. The van der Waals surface area contributed by atoms with E-state index < -0.39 is 11.2 Å². The number of carbonyl (C=O) groups is 1. The lowest BCUT2D eigenvalue weighted by Crippen LogP contribution is -2.45. The van der Waals surface area contributed by atoms with Crippen LogP contribution in [0.5, 0.6) is 5.75 Å². The number of nitrogens with zero attached hydrogens (tertiary/aromatic N) is 1. The predicted molar refractivity (Wildman–Crippen MR) is 82.2 cm³/mol. The van der Waals surface area contributed by atoms with E-state index in [1.54, 1.807) is 11.0 Å². The van der Waals surface area contributed by atoms with Crippen molar-refractivity contribution in [2.75, 3.05) is 12.3 Å². The van der Waals surface area contributed by atoms with Gasteiger partial charge in [-0.25, -0.2) is 4.79 Å². The summed E-state index contributed by atoms with van der Waals surface area (Å²) < 4.78 is 11.5. The molecule has 0 saturated carbocycles. The Kier molecular flexibility index (Phi) is 3.78. The van der Waals surface area contributed by atoms with Gasteiger partial charge >= 0.3 is 6.09 Å². The average Bonchev–Trinajstić information content (AvgIpc) is 2.41. The summed E-state index contributed by atoms with van der Waals surface area (Å²) in [6, 6.07) is 5.51. The zero-order chi connectivity index (χ0) is 15.8. The van der Waals surface area contributed by atoms with Crippen molar-refractivity contribution in [3.05, 3.63) is 23.8 Å². The molecular weight excluding hydrogens is 268 g/mol. The molecule has 0 atom stereocenters. The number of carbonyl (C=O) groups excluding carboxylic acids is 1. The Labute approximate surface area is 126 Å². The van der Waals surface area contributed by atoms with Gasteiger partial charge in [-0.1, -0.05) is 6.07 Å². The molecule has 0 unspecified atom stereocenters. The van der Waals surface area contributed by atoms with Crippen molar-refractivity contribution in [1.29, 1.82) is 0 Å². The molecule has 1 aliphatic rings. The van der Waals surface area contributed by atoms with Gasteiger partial charge in [-0.2, -0.15) is 0 Å². The van der Waals surface area contributed by atoms with Gasteiger partial charge in [-0.15, -0.1) is 0 Å². The topological polar surface area (TPSA) is 64.8 Å². The van der Waals surface area contributed by atoms with Gasteiger partial charge in [0.15, 0.2) is 0 Å². The van der Waals surface area contributed by atoms with Gasteiger partial charge in [0.25, 0.3) is 0 Å². The quantitative estimate of drug-likeness (QED) is 0.746. The van der Waals surface area contributed by atoms with E-state index in [2.05, 4.69) is 0 Å². The van der Waals surface area contributed by atoms with Gasteiger partial charge in [0.05, 0.1) is 13.1 Å². The van der Waals surface area contributed by atoms with Crippen molar-refractivity contribution >= 4 is 11.8 Å². The molecule has 0 saturated heterocycles. The van der Waals surface area contributed by atoms with Gasteiger partial charge in [0, 0.05) is 17.3 Å². The summed E-state index contributed by atoms with van der Waals surface area (Å²) in [7, 11) is 0. The number of amides is 1.